The molecule has 0 atom stereocenters. The molecule has 1 aliphatic heterocycles. The Kier molecular flexibility index (Phi) is 9.03. The van der Waals surface area contributed by atoms with Crippen molar-refractivity contribution in [3.8, 4) is 0 Å². The summed E-state index contributed by atoms with van der Waals surface area (Å²) in [4.78, 5) is 0. The number of halogens is 1. The zero-order valence-electron chi connectivity index (χ0n) is 9.72. The van der Waals surface area contributed by atoms with Gasteiger partial charge in [-0.2, -0.15) is 6.42 Å². The van der Waals surface area contributed by atoms with Crippen LogP contribution in [0.25, 0.3) is 0 Å². The molecule has 0 aromatic carbocycles. The fraction of sp³-hybridized carbons (Fsp3) is 0.727. The average molecular weight is 284 g/mol. The van der Waals surface area contributed by atoms with Gasteiger partial charge < -0.3 is 16.4 Å². The average Bonchev–Trinajstić information content (AvgIpc) is 2.68. The van der Waals surface area contributed by atoms with E-state index in [0.717, 1.165) is 49.8 Å². The zero-order chi connectivity index (χ0) is 11.7. The Morgan fingerprint density at radius 1 is 1.47 bits per heavy atom. The molecule has 0 amide bonds. The van der Waals surface area contributed by atoms with E-state index in [-0.39, 0.29) is 5.79 Å². The van der Waals surface area contributed by atoms with Gasteiger partial charge in [-0.15, -0.1) is 5.57 Å². The second-order valence-corrected chi connectivity index (χ2v) is 3.67. The van der Waals surface area contributed by atoms with Gasteiger partial charge in [0.25, 0.3) is 0 Å². The Bertz CT molecular complexity index is 189. The third-order valence-corrected chi connectivity index (χ3v) is 2.38. The van der Waals surface area contributed by atoms with Crippen LogP contribution in [0.2, 0.25) is 0 Å². The topological polar surface area (TPSA) is 18.5 Å². The third kappa shape index (κ3) is 6.68. The molecule has 0 bridgehead atoms. The van der Waals surface area contributed by atoms with Crippen molar-refractivity contribution in [2.45, 2.75) is 38.9 Å². The van der Waals surface area contributed by atoms with Gasteiger partial charge in [-0.1, -0.05) is 6.08 Å². The summed E-state index contributed by atoms with van der Waals surface area (Å²) in [5.74, 6) is -0.335. The molecule has 1 heterocycles. The van der Waals surface area contributed by atoms with Gasteiger partial charge in [0.1, 0.15) is 0 Å². The van der Waals surface area contributed by atoms with Gasteiger partial charge in [-0.3, -0.25) is 0 Å². The molecular formula is C11H19ClO2Zn. The van der Waals surface area contributed by atoms with Crippen LogP contribution in [0.15, 0.2) is 11.6 Å². The van der Waals surface area contributed by atoms with E-state index in [1.54, 1.807) is 0 Å². The van der Waals surface area contributed by atoms with Crippen LogP contribution >= 0.6 is 9.69 Å². The molecule has 1 rings (SSSR count). The second kappa shape index (κ2) is 8.69. The minimum absolute atomic E-state index is 0.335. The Hall–Kier alpha value is 0.573. The summed E-state index contributed by atoms with van der Waals surface area (Å²) >= 11 is 0.847. The fourth-order valence-corrected chi connectivity index (χ4v) is 1.38. The first-order valence-electron chi connectivity index (χ1n) is 5.16. The molecular weight excluding hydrogens is 265 g/mol. The van der Waals surface area contributed by atoms with E-state index in [2.05, 4.69) is 19.9 Å². The van der Waals surface area contributed by atoms with Crippen LogP contribution in [0, 0.1) is 6.92 Å². The van der Waals surface area contributed by atoms with Crippen LogP contribution in [-0.2, 0) is 26.8 Å². The molecule has 1 saturated heterocycles. The molecule has 0 aromatic rings. The first kappa shape index (κ1) is 15.6. The van der Waals surface area contributed by atoms with Gasteiger partial charge in [0, 0.05) is 6.42 Å². The maximum atomic E-state index is 5.49. The van der Waals surface area contributed by atoms with Crippen molar-refractivity contribution in [1.29, 1.82) is 0 Å². The molecule has 84 valence electrons. The Morgan fingerprint density at radius 2 is 2.00 bits per heavy atom. The quantitative estimate of drug-likeness (QED) is 0.447. The van der Waals surface area contributed by atoms with Crippen LogP contribution in [0.4, 0.5) is 0 Å². The predicted octanol–water partition coefficient (Wildman–Crippen LogP) is 3.39. The van der Waals surface area contributed by atoms with E-state index in [9.17, 15) is 0 Å². The van der Waals surface area contributed by atoms with Gasteiger partial charge in [0.05, 0.1) is 13.2 Å². The van der Waals surface area contributed by atoms with Crippen LogP contribution in [-0.4, -0.2) is 19.0 Å². The minimum atomic E-state index is -0.335. The normalized spacial score (nSPS) is 19.7. The van der Waals surface area contributed by atoms with Crippen molar-refractivity contribution >= 4 is 9.69 Å². The first-order chi connectivity index (χ1) is 7.16. The molecule has 4 heteroatoms. The number of ether oxygens (including phenoxy) is 2. The molecule has 0 N–H and O–H groups in total. The predicted molar refractivity (Wildman–Crippen MR) is 59.1 cm³/mol. The summed E-state index contributed by atoms with van der Waals surface area (Å²) in [5, 5.41) is 0. The standard InChI is InChI=1S/C11H19O2.ClH.Zn/c1-4-10(2)6-5-7-11(3)12-8-9-13-11;;/h6H,1,4-5,7-9H2,2-3H3;1H;/q-1;;+2/p-1/b10-6+;;. The van der Waals surface area contributed by atoms with E-state index in [4.69, 9.17) is 19.2 Å². The SMILES string of the molecule is [CH2-]C/C(C)=C/CCC1(C)OCCO1.[Cl][Zn+]. The van der Waals surface area contributed by atoms with E-state index in [1.807, 2.05) is 6.92 Å². The van der Waals surface area contributed by atoms with Gasteiger partial charge in [0.15, 0.2) is 5.79 Å². The van der Waals surface area contributed by atoms with Crippen LogP contribution in [0.3, 0.4) is 0 Å². The Labute approximate surface area is 107 Å². The monoisotopic (exact) mass is 282 g/mol. The Morgan fingerprint density at radius 3 is 2.47 bits per heavy atom. The van der Waals surface area contributed by atoms with E-state index >= 15 is 0 Å². The molecule has 0 saturated carbocycles. The molecule has 15 heavy (non-hydrogen) atoms. The third-order valence-electron chi connectivity index (χ3n) is 2.38. The molecule has 0 radical (unpaired) electrons. The molecule has 0 spiro atoms. The Balaban J connectivity index is 0.000000921. The number of allylic oxidation sites excluding steroid dienone is 2. The summed E-state index contributed by atoms with van der Waals surface area (Å²) in [5.41, 5.74) is 1.33. The van der Waals surface area contributed by atoms with E-state index < -0.39 is 0 Å². The molecule has 2 nitrogen and oxygen atoms in total. The summed E-state index contributed by atoms with van der Waals surface area (Å²) in [6.45, 7) is 9.39. The summed E-state index contributed by atoms with van der Waals surface area (Å²) in [7, 11) is 4.76. The van der Waals surface area contributed by atoms with Gasteiger partial charge >= 0.3 is 27.0 Å². The second-order valence-electron chi connectivity index (χ2n) is 3.67. The van der Waals surface area contributed by atoms with Crippen molar-refractivity contribution in [3.63, 3.8) is 0 Å². The molecule has 1 fully saturated rings. The van der Waals surface area contributed by atoms with E-state index in [0.29, 0.717) is 0 Å². The van der Waals surface area contributed by atoms with Gasteiger partial charge in [-0.25, -0.2) is 0 Å². The first-order valence-corrected chi connectivity index (χ1v) is 9.06. The van der Waals surface area contributed by atoms with Gasteiger partial charge in [-0.05, 0) is 20.3 Å². The molecule has 0 aromatic heterocycles. The molecule has 0 aliphatic carbocycles. The maximum absolute atomic E-state index is 5.49. The molecule has 1 aliphatic rings. The molecule has 0 unspecified atom stereocenters. The van der Waals surface area contributed by atoms with Crippen molar-refractivity contribution in [2.75, 3.05) is 13.2 Å². The van der Waals surface area contributed by atoms with Crippen molar-refractivity contribution in [2.24, 2.45) is 0 Å². The van der Waals surface area contributed by atoms with Crippen LogP contribution in [0.5, 0.6) is 0 Å². The summed E-state index contributed by atoms with van der Waals surface area (Å²) < 4.78 is 11.0. The van der Waals surface area contributed by atoms with Crippen molar-refractivity contribution in [3.05, 3.63) is 18.6 Å². The van der Waals surface area contributed by atoms with Crippen LogP contribution in [0.1, 0.15) is 33.1 Å². The summed E-state index contributed by atoms with van der Waals surface area (Å²) in [6.07, 6.45) is 5.05. The van der Waals surface area contributed by atoms with Crippen molar-refractivity contribution in [1.82, 2.24) is 0 Å². The van der Waals surface area contributed by atoms with Crippen molar-refractivity contribution < 1.29 is 26.8 Å². The fourth-order valence-electron chi connectivity index (χ4n) is 1.38. The number of rotatable bonds is 4. The number of hydrogen-bond donors (Lipinski definition) is 0. The van der Waals surface area contributed by atoms with E-state index in [1.165, 1.54) is 5.57 Å². The zero-order valence-corrected chi connectivity index (χ0v) is 13.4. The summed E-state index contributed by atoms with van der Waals surface area (Å²) in [6, 6.07) is 0. The number of hydrogen-bond acceptors (Lipinski definition) is 2. The van der Waals surface area contributed by atoms with Gasteiger partial charge in [0.2, 0.25) is 0 Å². The van der Waals surface area contributed by atoms with Crippen LogP contribution < -0.4 is 0 Å².